The van der Waals surface area contributed by atoms with Gasteiger partial charge < -0.3 is 19.0 Å². The fourth-order valence-corrected chi connectivity index (χ4v) is 4.74. The minimum atomic E-state index is -0.668. The van der Waals surface area contributed by atoms with E-state index in [1.807, 2.05) is 97.1 Å². The van der Waals surface area contributed by atoms with Crippen molar-refractivity contribution < 1.29 is 23.8 Å². The molecule has 0 saturated heterocycles. The number of aromatic nitrogens is 2. The molecule has 0 unspecified atom stereocenters. The van der Waals surface area contributed by atoms with Gasteiger partial charge in [0.25, 0.3) is 0 Å². The molecule has 0 fully saturated rings. The van der Waals surface area contributed by atoms with E-state index in [1.54, 1.807) is 48.5 Å². The third-order valence-electron chi connectivity index (χ3n) is 7.06. The number of carbonyl (C=O) groups is 1. The number of rotatable bonds is 12. The van der Waals surface area contributed by atoms with Gasteiger partial charge in [0.2, 0.25) is 0 Å². The van der Waals surface area contributed by atoms with Gasteiger partial charge in [0, 0.05) is 16.7 Å². The van der Waals surface area contributed by atoms with Gasteiger partial charge in [0.05, 0.1) is 22.8 Å². The van der Waals surface area contributed by atoms with Crippen molar-refractivity contribution >= 4 is 11.7 Å². The van der Waals surface area contributed by atoms with E-state index in [9.17, 15) is 4.79 Å². The maximum atomic E-state index is 13.1. The second kappa shape index (κ2) is 15.1. The molecule has 8 heteroatoms. The van der Waals surface area contributed by atoms with Crippen LogP contribution in [0, 0.1) is 0 Å². The minimum absolute atomic E-state index is 0.0148. The standard InChI is InChI=1S/C39H31N3O5/c1-44-42-38(30-18-20-33(21-19-30)45-26-31-14-8-16-36(40-31)28-10-4-2-5-11-28)39(43)47-35-24-22-34(23-25-35)46-27-32-15-9-17-37(41-32)29-12-6-3-7-13-29/h2-25H,26-27H2,1H3. The van der Waals surface area contributed by atoms with Crippen LogP contribution in [0.4, 0.5) is 0 Å². The summed E-state index contributed by atoms with van der Waals surface area (Å²) in [7, 11) is 1.37. The quantitative estimate of drug-likeness (QED) is 0.0593. The van der Waals surface area contributed by atoms with Crippen LogP contribution in [0.1, 0.15) is 17.0 Å². The van der Waals surface area contributed by atoms with Crippen LogP contribution in [-0.4, -0.2) is 28.8 Å². The number of oxime groups is 1. The third kappa shape index (κ3) is 8.26. The zero-order chi connectivity index (χ0) is 32.3. The summed E-state index contributed by atoms with van der Waals surface area (Å²) >= 11 is 0. The number of ether oxygens (including phenoxy) is 3. The van der Waals surface area contributed by atoms with Crippen molar-refractivity contribution in [3.8, 4) is 39.8 Å². The number of esters is 1. The van der Waals surface area contributed by atoms with Gasteiger partial charge in [-0.25, -0.2) is 14.8 Å². The van der Waals surface area contributed by atoms with Crippen LogP contribution in [0.25, 0.3) is 22.5 Å². The smallest absolute Gasteiger partial charge is 0.366 e. The lowest BCUT2D eigenvalue weighted by atomic mass is 10.1. The highest BCUT2D eigenvalue weighted by molar-refractivity contribution is 6.43. The summed E-state index contributed by atoms with van der Waals surface area (Å²) in [6, 6.07) is 45.4. The maximum Gasteiger partial charge on any atom is 0.366 e. The van der Waals surface area contributed by atoms with Gasteiger partial charge in [-0.15, -0.1) is 0 Å². The van der Waals surface area contributed by atoms with Gasteiger partial charge >= 0.3 is 5.97 Å². The third-order valence-corrected chi connectivity index (χ3v) is 7.06. The second-order valence-electron chi connectivity index (χ2n) is 10.3. The normalized spacial score (nSPS) is 11.0. The van der Waals surface area contributed by atoms with Crippen LogP contribution in [0.3, 0.4) is 0 Å². The zero-order valence-corrected chi connectivity index (χ0v) is 25.7. The maximum absolute atomic E-state index is 13.1. The largest absolute Gasteiger partial charge is 0.487 e. The molecule has 4 aromatic carbocycles. The Labute approximate surface area is 272 Å². The number of hydrogen-bond donors (Lipinski definition) is 0. The molecule has 232 valence electrons. The Morgan fingerprint density at radius 3 is 1.51 bits per heavy atom. The molecule has 0 aliphatic carbocycles. The van der Waals surface area contributed by atoms with Crippen molar-refractivity contribution in [1.82, 2.24) is 9.97 Å². The number of pyridine rings is 2. The molecule has 0 saturated carbocycles. The minimum Gasteiger partial charge on any atom is -0.487 e. The van der Waals surface area contributed by atoms with E-state index >= 15 is 0 Å². The Bertz CT molecular complexity index is 1950. The molecule has 0 aliphatic rings. The molecule has 0 N–H and O–H groups in total. The van der Waals surface area contributed by atoms with Gasteiger partial charge in [-0.05, 0) is 72.8 Å². The van der Waals surface area contributed by atoms with Crippen LogP contribution >= 0.6 is 0 Å². The summed E-state index contributed by atoms with van der Waals surface area (Å²) in [4.78, 5) is 27.4. The average Bonchev–Trinajstić information content (AvgIpc) is 3.14. The summed E-state index contributed by atoms with van der Waals surface area (Å²) in [5.41, 5.74) is 5.97. The molecule has 0 radical (unpaired) electrons. The first-order chi connectivity index (χ1) is 23.1. The lowest BCUT2D eigenvalue weighted by molar-refractivity contribution is -0.127. The summed E-state index contributed by atoms with van der Waals surface area (Å²) in [5, 5.41) is 3.92. The predicted molar refractivity (Wildman–Crippen MR) is 180 cm³/mol. The number of nitrogens with zero attached hydrogens (tertiary/aromatic N) is 3. The van der Waals surface area contributed by atoms with Crippen molar-refractivity contribution in [2.24, 2.45) is 5.16 Å². The lowest BCUT2D eigenvalue weighted by Gasteiger charge is -2.10. The molecular formula is C39H31N3O5. The topological polar surface area (TPSA) is 92.1 Å². The van der Waals surface area contributed by atoms with Crippen molar-refractivity contribution in [3.63, 3.8) is 0 Å². The number of hydrogen-bond acceptors (Lipinski definition) is 8. The van der Waals surface area contributed by atoms with E-state index in [-0.39, 0.29) is 12.3 Å². The summed E-state index contributed by atoms with van der Waals surface area (Å²) in [6.07, 6.45) is 0. The Hall–Kier alpha value is -6.28. The van der Waals surface area contributed by atoms with E-state index < -0.39 is 5.97 Å². The fourth-order valence-electron chi connectivity index (χ4n) is 4.74. The average molecular weight is 622 g/mol. The molecule has 0 aliphatic heterocycles. The molecule has 0 amide bonds. The molecule has 0 spiro atoms. The first-order valence-electron chi connectivity index (χ1n) is 15.0. The van der Waals surface area contributed by atoms with Gasteiger partial charge in [-0.2, -0.15) is 0 Å². The van der Waals surface area contributed by atoms with Gasteiger partial charge in [-0.1, -0.05) is 78.0 Å². The summed E-state index contributed by atoms with van der Waals surface area (Å²) < 4.78 is 17.5. The highest BCUT2D eigenvalue weighted by Gasteiger charge is 2.18. The molecule has 47 heavy (non-hydrogen) atoms. The van der Waals surface area contributed by atoms with Gasteiger partial charge in [0.1, 0.15) is 37.6 Å². The highest BCUT2D eigenvalue weighted by Crippen LogP contribution is 2.22. The number of benzene rings is 4. The first kappa shape index (κ1) is 30.7. The molecule has 8 nitrogen and oxygen atoms in total. The lowest BCUT2D eigenvalue weighted by Crippen LogP contribution is -2.22. The Kier molecular flexibility index (Phi) is 9.90. The van der Waals surface area contributed by atoms with E-state index in [2.05, 4.69) is 5.16 Å². The van der Waals surface area contributed by atoms with Crippen LogP contribution in [0.2, 0.25) is 0 Å². The number of carbonyl (C=O) groups excluding carboxylic acids is 1. The van der Waals surface area contributed by atoms with Crippen LogP contribution in [-0.2, 0) is 22.8 Å². The Balaban J connectivity index is 1.03. The molecular weight excluding hydrogens is 590 g/mol. The molecule has 6 aromatic rings. The Morgan fingerprint density at radius 2 is 1.02 bits per heavy atom. The van der Waals surface area contributed by atoms with Crippen LogP contribution in [0.15, 0.2) is 151 Å². The molecule has 0 atom stereocenters. The van der Waals surface area contributed by atoms with E-state index in [0.29, 0.717) is 29.4 Å². The highest BCUT2D eigenvalue weighted by atomic mass is 16.6. The summed E-state index contributed by atoms with van der Waals surface area (Å²) in [6.45, 7) is 0.581. The molecule has 2 aromatic heterocycles. The van der Waals surface area contributed by atoms with Crippen molar-refractivity contribution in [3.05, 3.63) is 163 Å². The SMILES string of the molecule is CON=C(C(=O)Oc1ccc(OCc2cccc(-c3ccccc3)n2)cc1)c1ccc(OCc2cccc(-c3ccccc3)n2)cc1. The second-order valence-corrected chi connectivity index (χ2v) is 10.3. The van der Waals surface area contributed by atoms with Gasteiger partial charge in [-0.3, -0.25) is 0 Å². The van der Waals surface area contributed by atoms with Crippen LogP contribution < -0.4 is 14.2 Å². The van der Waals surface area contributed by atoms with E-state index in [1.165, 1.54) is 7.11 Å². The fraction of sp³-hybridized carbons (Fsp3) is 0.0769. The summed E-state index contributed by atoms with van der Waals surface area (Å²) in [5.74, 6) is 0.891. The van der Waals surface area contributed by atoms with Gasteiger partial charge in [0.15, 0.2) is 5.71 Å². The Morgan fingerprint density at radius 1 is 0.553 bits per heavy atom. The first-order valence-corrected chi connectivity index (χ1v) is 15.0. The zero-order valence-electron chi connectivity index (χ0n) is 25.7. The molecule has 0 bridgehead atoms. The monoisotopic (exact) mass is 621 g/mol. The van der Waals surface area contributed by atoms with Crippen molar-refractivity contribution in [2.75, 3.05) is 7.11 Å². The van der Waals surface area contributed by atoms with Crippen molar-refractivity contribution in [2.45, 2.75) is 13.2 Å². The molecule has 6 rings (SSSR count). The molecule has 2 heterocycles. The van der Waals surface area contributed by atoms with E-state index in [0.717, 1.165) is 33.9 Å². The van der Waals surface area contributed by atoms with Crippen LogP contribution in [0.5, 0.6) is 17.2 Å². The van der Waals surface area contributed by atoms with E-state index in [4.69, 9.17) is 29.0 Å². The van der Waals surface area contributed by atoms with Crippen molar-refractivity contribution in [1.29, 1.82) is 0 Å². The predicted octanol–water partition coefficient (Wildman–Crippen LogP) is 7.92.